The maximum absolute atomic E-state index is 3.77. The molecule has 0 saturated heterocycles. The lowest BCUT2D eigenvalue weighted by Gasteiger charge is -2.45. The maximum Gasteiger partial charge on any atom is 0.0159 e. The van der Waals surface area contributed by atoms with Crippen LogP contribution in [0, 0.1) is 11.3 Å². The first kappa shape index (κ1) is 17.9. The van der Waals surface area contributed by atoms with Gasteiger partial charge in [0.2, 0.25) is 0 Å². The van der Waals surface area contributed by atoms with Gasteiger partial charge < -0.3 is 15.1 Å². The summed E-state index contributed by atoms with van der Waals surface area (Å²) in [5, 5.41) is 3.77. The van der Waals surface area contributed by atoms with E-state index in [1.807, 2.05) is 0 Å². The summed E-state index contributed by atoms with van der Waals surface area (Å²) in [7, 11) is 6.61. The lowest BCUT2D eigenvalue weighted by atomic mass is 9.67. The Morgan fingerprint density at radius 1 is 1.15 bits per heavy atom. The maximum atomic E-state index is 3.77. The largest absolute Gasteiger partial charge is 0.313 e. The fourth-order valence-corrected chi connectivity index (χ4v) is 3.79. The van der Waals surface area contributed by atoms with Gasteiger partial charge in [0.15, 0.2) is 0 Å². The lowest BCUT2D eigenvalue weighted by Crippen LogP contribution is -2.52. The molecule has 120 valence electrons. The Morgan fingerprint density at radius 2 is 1.85 bits per heavy atom. The molecule has 1 aliphatic carbocycles. The zero-order chi connectivity index (χ0) is 15.2. The van der Waals surface area contributed by atoms with E-state index in [4.69, 9.17) is 0 Å². The average Bonchev–Trinajstić information content (AvgIpc) is 2.32. The number of hydrogen-bond acceptors (Lipinski definition) is 3. The minimum absolute atomic E-state index is 0.448. The summed E-state index contributed by atoms with van der Waals surface area (Å²) in [6.45, 7) is 11.9. The monoisotopic (exact) mass is 283 g/mol. The number of nitrogens with zero attached hydrogens (tertiary/aromatic N) is 2. The molecule has 0 aromatic heterocycles. The van der Waals surface area contributed by atoms with Crippen molar-refractivity contribution in [2.24, 2.45) is 11.3 Å². The molecule has 0 aliphatic heterocycles. The van der Waals surface area contributed by atoms with Crippen LogP contribution < -0.4 is 5.32 Å². The molecule has 0 aromatic carbocycles. The molecule has 1 saturated carbocycles. The van der Waals surface area contributed by atoms with E-state index in [-0.39, 0.29) is 0 Å². The van der Waals surface area contributed by atoms with Crippen molar-refractivity contribution in [3.05, 3.63) is 0 Å². The van der Waals surface area contributed by atoms with Crippen molar-refractivity contribution in [1.29, 1.82) is 0 Å². The third-order valence-electron chi connectivity index (χ3n) is 4.82. The minimum Gasteiger partial charge on any atom is -0.313 e. The molecule has 3 nitrogen and oxygen atoms in total. The number of hydrogen-bond donors (Lipinski definition) is 1. The molecule has 3 heteroatoms. The van der Waals surface area contributed by atoms with E-state index in [1.54, 1.807) is 0 Å². The molecule has 0 bridgehead atoms. The van der Waals surface area contributed by atoms with Crippen LogP contribution in [-0.2, 0) is 0 Å². The fraction of sp³-hybridized carbons (Fsp3) is 1.00. The molecule has 0 aromatic rings. The third kappa shape index (κ3) is 5.71. The summed E-state index contributed by atoms with van der Waals surface area (Å²) >= 11 is 0. The first-order chi connectivity index (χ1) is 9.36. The Kier molecular flexibility index (Phi) is 7.49. The van der Waals surface area contributed by atoms with E-state index in [1.165, 1.54) is 45.3 Å². The Labute approximate surface area is 127 Å². The molecule has 2 unspecified atom stereocenters. The molecule has 2 atom stereocenters. The van der Waals surface area contributed by atoms with Crippen molar-refractivity contribution < 1.29 is 0 Å². The van der Waals surface area contributed by atoms with Crippen LogP contribution >= 0.6 is 0 Å². The second-order valence-electron chi connectivity index (χ2n) is 7.60. The predicted molar refractivity (Wildman–Crippen MR) is 89.3 cm³/mol. The molecule has 20 heavy (non-hydrogen) atoms. The second kappa shape index (κ2) is 8.35. The first-order valence-electron chi connectivity index (χ1n) is 8.43. The van der Waals surface area contributed by atoms with Crippen LogP contribution in [0.2, 0.25) is 0 Å². The summed E-state index contributed by atoms with van der Waals surface area (Å²) in [5.74, 6) is 0.808. The van der Waals surface area contributed by atoms with Gasteiger partial charge in [-0.2, -0.15) is 0 Å². The van der Waals surface area contributed by atoms with Gasteiger partial charge in [-0.05, 0) is 71.4 Å². The summed E-state index contributed by atoms with van der Waals surface area (Å²) in [6.07, 6.45) is 5.42. The van der Waals surface area contributed by atoms with Crippen LogP contribution in [0.25, 0.3) is 0 Å². The van der Waals surface area contributed by atoms with Gasteiger partial charge in [0.1, 0.15) is 0 Å². The zero-order valence-corrected chi connectivity index (χ0v) is 14.7. The van der Waals surface area contributed by atoms with Gasteiger partial charge >= 0.3 is 0 Å². The first-order valence-corrected chi connectivity index (χ1v) is 8.43. The summed E-state index contributed by atoms with van der Waals surface area (Å²) in [6, 6.07) is 0.678. The average molecular weight is 284 g/mol. The lowest BCUT2D eigenvalue weighted by molar-refractivity contribution is 0.0857. The SMILES string of the molecule is CCNC1C(CN(C)CCCN(C)C)CCCC1(C)C. The van der Waals surface area contributed by atoms with Crippen molar-refractivity contribution in [2.45, 2.75) is 52.5 Å². The third-order valence-corrected chi connectivity index (χ3v) is 4.82. The van der Waals surface area contributed by atoms with Crippen LogP contribution in [0.4, 0.5) is 0 Å². The van der Waals surface area contributed by atoms with Crippen molar-refractivity contribution in [3.8, 4) is 0 Å². The van der Waals surface area contributed by atoms with Gasteiger partial charge in [-0.1, -0.05) is 27.2 Å². The highest BCUT2D eigenvalue weighted by molar-refractivity contribution is 4.94. The summed E-state index contributed by atoms with van der Waals surface area (Å²) < 4.78 is 0. The number of nitrogens with one attached hydrogen (secondary N) is 1. The molecule has 1 aliphatic rings. The van der Waals surface area contributed by atoms with Gasteiger partial charge in [-0.25, -0.2) is 0 Å². The van der Waals surface area contributed by atoms with Crippen molar-refractivity contribution >= 4 is 0 Å². The van der Waals surface area contributed by atoms with Crippen LogP contribution in [0.5, 0.6) is 0 Å². The van der Waals surface area contributed by atoms with Gasteiger partial charge in [-0.15, -0.1) is 0 Å². The van der Waals surface area contributed by atoms with Crippen LogP contribution in [0.1, 0.15) is 46.5 Å². The zero-order valence-electron chi connectivity index (χ0n) is 14.7. The molecule has 1 rings (SSSR count). The number of rotatable bonds is 8. The van der Waals surface area contributed by atoms with Gasteiger partial charge in [0.25, 0.3) is 0 Å². The molecule has 0 spiro atoms. The Bertz CT molecular complexity index is 263. The molecule has 1 fully saturated rings. The Balaban J connectivity index is 2.46. The molecule has 0 radical (unpaired) electrons. The van der Waals surface area contributed by atoms with E-state index in [0.29, 0.717) is 11.5 Å². The van der Waals surface area contributed by atoms with Crippen molar-refractivity contribution in [3.63, 3.8) is 0 Å². The van der Waals surface area contributed by atoms with E-state index >= 15 is 0 Å². The highest BCUT2D eigenvalue weighted by Crippen LogP contribution is 2.39. The molecule has 1 N–H and O–H groups in total. The van der Waals surface area contributed by atoms with E-state index in [0.717, 1.165) is 12.5 Å². The van der Waals surface area contributed by atoms with E-state index in [9.17, 15) is 0 Å². The normalized spacial score (nSPS) is 26.4. The molecule has 0 heterocycles. The highest BCUT2D eigenvalue weighted by Gasteiger charge is 2.38. The van der Waals surface area contributed by atoms with Crippen LogP contribution in [0.3, 0.4) is 0 Å². The summed E-state index contributed by atoms with van der Waals surface area (Å²) in [5.41, 5.74) is 0.448. The van der Waals surface area contributed by atoms with Crippen LogP contribution in [0.15, 0.2) is 0 Å². The predicted octanol–water partition coefficient (Wildman–Crippen LogP) is 2.67. The van der Waals surface area contributed by atoms with E-state index < -0.39 is 0 Å². The standard InChI is InChI=1S/C17H37N3/c1-7-18-16-15(10-8-11-17(16,2)3)14-20(6)13-9-12-19(4)5/h15-16,18H,7-14H2,1-6H3. The van der Waals surface area contributed by atoms with E-state index in [2.05, 4.69) is 57.0 Å². The van der Waals surface area contributed by atoms with Gasteiger partial charge in [0.05, 0.1) is 0 Å². The van der Waals surface area contributed by atoms with Crippen molar-refractivity contribution in [1.82, 2.24) is 15.1 Å². The second-order valence-corrected chi connectivity index (χ2v) is 7.60. The van der Waals surface area contributed by atoms with Gasteiger partial charge in [-0.3, -0.25) is 0 Å². The highest BCUT2D eigenvalue weighted by atomic mass is 15.1. The van der Waals surface area contributed by atoms with Crippen LogP contribution in [-0.4, -0.2) is 63.2 Å². The van der Waals surface area contributed by atoms with Gasteiger partial charge in [0, 0.05) is 12.6 Å². The Hall–Kier alpha value is -0.120. The van der Waals surface area contributed by atoms with Crippen molar-refractivity contribution in [2.75, 3.05) is 47.3 Å². The minimum atomic E-state index is 0.448. The quantitative estimate of drug-likeness (QED) is 0.739. The molecule has 0 amide bonds. The Morgan fingerprint density at radius 3 is 2.45 bits per heavy atom. The summed E-state index contributed by atoms with van der Waals surface area (Å²) in [4.78, 5) is 4.82. The molecular weight excluding hydrogens is 246 g/mol. The molecular formula is C17H37N3. The smallest absolute Gasteiger partial charge is 0.0159 e. The fourth-order valence-electron chi connectivity index (χ4n) is 3.79. The topological polar surface area (TPSA) is 18.5 Å².